The van der Waals surface area contributed by atoms with Gasteiger partial charge in [0.05, 0.1) is 25.2 Å². The molecule has 1 fully saturated rings. The van der Waals surface area contributed by atoms with E-state index in [1.807, 2.05) is 32.9 Å². The monoisotopic (exact) mass is 494 g/mol. The lowest BCUT2D eigenvalue weighted by Gasteiger charge is -2.27. The minimum atomic E-state index is -0.00566. The van der Waals surface area contributed by atoms with Gasteiger partial charge in [-0.05, 0) is 44.0 Å². The van der Waals surface area contributed by atoms with E-state index in [1.54, 1.807) is 18.2 Å². The van der Waals surface area contributed by atoms with Gasteiger partial charge in [-0.25, -0.2) is 9.39 Å². The number of nitrogens with zero attached hydrogens (tertiary/aromatic N) is 4. The van der Waals surface area contributed by atoms with Crippen molar-refractivity contribution in [1.82, 2.24) is 9.80 Å². The minimum absolute atomic E-state index is 0.00566. The molecule has 1 saturated heterocycles. The molecule has 0 aromatic heterocycles. The smallest absolute Gasteiger partial charge is 0.224 e. The molecule has 1 aliphatic rings. The Morgan fingerprint density at radius 3 is 2.42 bits per heavy atom. The molecule has 33 heavy (non-hydrogen) atoms. The van der Waals surface area contributed by atoms with E-state index in [9.17, 15) is 4.79 Å². The molecule has 1 heterocycles. The topological polar surface area (TPSA) is 57.5 Å². The maximum atomic E-state index is 12.1. The molecular formula is C25H39ClN4O2S. The molecule has 0 saturated carbocycles. The van der Waals surface area contributed by atoms with Crippen LogP contribution in [0.4, 0.5) is 0 Å². The summed E-state index contributed by atoms with van der Waals surface area (Å²) in [5.41, 5.74) is 3.24. The standard InChI is InChI=1S/C23H33ClN4O2S.C2H6/c1-19(31-25-3)23(10-9-21-5-7-22(17-24)8-6-21)26-18-28(20(2)29)12-4-11-27-13-15-30-16-14-27;1-2/h5-8,18H,3-4,9-17H2,1-2H3;1-2H3/b23-19+,26-18?;. The molecule has 0 atom stereocenters. The summed E-state index contributed by atoms with van der Waals surface area (Å²) in [4.78, 5) is 21.8. The number of benzene rings is 1. The molecule has 6 nitrogen and oxygen atoms in total. The van der Waals surface area contributed by atoms with Crippen molar-refractivity contribution in [2.75, 3.05) is 39.4 Å². The van der Waals surface area contributed by atoms with Crippen LogP contribution in [0, 0.1) is 0 Å². The number of carbonyl (C=O) groups excluding carboxylic acids is 1. The number of amides is 1. The number of halogens is 1. The van der Waals surface area contributed by atoms with Crippen LogP contribution in [0.2, 0.25) is 0 Å². The third-order valence-corrected chi connectivity index (χ3v) is 6.12. The highest BCUT2D eigenvalue weighted by atomic mass is 35.5. The summed E-state index contributed by atoms with van der Waals surface area (Å²) >= 11 is 7.19. The van der Waals surface area contributed by atoms with E-state index in [1.165, 1.54) is 17.5 Å². The Balaban J connectivity index is 0.00000265. The molecule has 1 amide bonds. The first-order chi connectivity index (χ1) is 16.0. The van der Waals surface area contributed by atoms with E-state index in [0.717, 1.165) is 68.3 Å². The lowest BCUT2D eigenvalue weighted by atomic mass is 10.1. The molecule has 1 aromatic rings. The first-order valence-corrected chi connectivity index (χ1v) is 12.9. The number of ether oxygens (including phenoxy) is 1. The van der Waals surface area contributed by atoms with Gasteiger partial charge < -0.3 is 9.64 Å². The number of aryl methyl sites for hydroxylation is 1. The van der Waals surface area contributed by atoms with Gasteiger partial charge in [-0.1, -0.05) is 38.1 Å². The number of allylic oxidation sites excluding steroid dienone is 2. The Morgan fingerprint density at radius 2 is 1.85 bits per heavy atom. The Morgan fingerprint density at radius 1 is 1.21 bits per heavy atom. The number of hydrogen-bond donors (Lipinski definition) is 0. The zero-order chi connectivity index (χ0) is 24.5. The number of carbonyl (C=O) groups is 1. The summed E-state index contributed by atoms with van der Waals surface area (Å²) in [5.74, 6) is 0.511. The highest BCUT2D eigenvalue weighted by Crippen LogP contribution is 2.24. The van der Waals surface area contributed by atoms with Crippen molar-refractivity contribution < 1.29 is 9.53 Å². The third-order valence-electron chi connectivity index (χ3n) is 5.17. The van der Waals surface area contributed by atoms with Crippen LogP contribution in [0.1, 0.15) is 51.7 Å². The van der Waals surface area contributed by atoms with Crippen LogP contribution in [-0.4, -0.2) is 68.2 Å². The van der Waals surface area contributed by atoms with Crippen molar-refractivity contribution in [2.45, 2.75) is 52.8 Å². The van der Waals surface area contributed by atoms with Crippen LogP contribution in [0.15, 0.2) is 44.3 Å². The van der Waals surface area contributed by atoms with Gasteiger partial charge in [-0.2, -0.15) is 0 Å². The molecule has 0 aliphatic carbocycles. The highest BCUT2D eigenvalue weighted by molar-refractivity contribution is 8.01. The van der Waals surface area contributed by atoms with Crippen LogP contribution in [-0.2, 0) is 21.8 Å². The quantitative estimate of drug-likeness (QED) is 0.165. The molecule has 0 N–H and O–H groups in total. The molecule has 0 bridgehead atoms. The first kappa shape index (κ1) is 29.4. The molecule has 0 spiro atoms. The third kappa shape index (κ3) is 11.8. The number of rotatable bonds is 12. The van der Waals surface area contributed by atoms with E-state index in [2.05, 4.69) is 33.1 Å². The summed E-state index contributed by atoms with van der Waals surface area (Å²) in [7, 11) is 0. The average Bonchev–Trinajstić information content (AvgIpc) is 2.85. The van der Waals surface area contributed by atoms with E-state index in [4.69, 9.17) is 16.3 Å². The van der Waals surface area contributed by atoms with E-state index >= 15 is 0 Å². The zero-order valence-electron chi connectivity index (χ0n) is 20.6. The Labute approximate surface area is 209 Å². The second kappa shape index (κ2) is 17.8. The lowest BCUT2D eigenvalue weighted by Crippen LogP contribution is -2.38. The van der Waals surface area contributed by atoms with E-state index in [-0.39, 0.29) is 5.91 Å². The number of morpholine rings is 1. The van der Waals surface area contributed by atoms with Crippen molar-refractivity contribution in [3.63, 3.8) is 0 Å². The normalized spacial score (nSPS) is 14.9. The number of alkyl halides is 1. The number of hydrogen-bond acceptors (Lipinski definition) is 6. The molecule has 1 aliphatic heterocycles. The minimum Gasteiger partial charge on any atom is -0.379 e. The molecule has 0 unspecified atom stereocenters. The molecule has 184 valence electrons. The maximum absolute atomic E-state index is 12.1. The Bertz CT molecular complexity index is 762. The summed E-state index contributed by atoms with van der Waals surface area (Å²) in [6, 6.07) is 8.29. The Kier molecular flexibility index (Phi) is 15.8. The summed E-state index contributed by atoms with van der Waals surface area (Å²) in [5, 5.41) is 0. The van der Waals surface area contributed by atoms with Crippen molar-refractivity contribution >= 4 is 42.5 Å². The second-order valence-corrected chi connectivity index (χ2v) is 8.76. The second-order valence-electron chi connectivity index (χ2n) is 7.44. The van der Waals surface area contributed by atoms with Crippen molar-refractivity contribution in [2.24, 2.45) is 9.39 Å². The molecule has 2 rings (SSSR count). The SMILES string of the molecule is C=NS/C(C)=C(\CCc1ccc(CCl)cc1)N=CN(CCCN1CCOCC1)C(C)=O.CC. The van der Waals surface area contributed by atoms with Crippen molar-refractivity contribution in [1.29, 1.82) is 0 Å². The van der Waals surface area contributed by atoms with Crippen LogP contribution in [0.5, 0.6) is 0 Å². The van der Waals surface area contributed by atoms with Crippen molar-refractivity contribution in [3.05, 3.63) is 46.0 Å². The van der Waals surface area contributed by atoms with E-state index in [0.29, 0.717) is 12.4 Å². The predicted octanol–water partition coefficient (Wildman–Crippen LogP) is 5.56. The largest absolute Gasteiger partial charge is 0.379 e. The van der Waals surface area contributed by atoms with Gasteiger partial charge in [0, 0.05) is 55.8 Å². The fraction of sp³-hybridized carbons (Fsp3) is 0.560. The summed E-state index contributed by atoms with van der Waals surface area (Å²) in [6.45, 7) is 16.2. The van der Waals surface area contributed by atoms with Crippen LogP contribution in [0.25, 0.3) is 0 Å². The van der Waals surface area contributed by atoms with Crippen LogP contribution in [0.3, 0.4) is 0 Å². The Hall–Kier alpha value is -1.67. The van der Waals surface area contributed by atoms with Crippen molar-refractivity contribution in [3.8, 4) is 0 Å². The fourth-order valence-corrected chi connectivity index (χ4v) is 3.90. The van der Waals surface area contributed by atoms with Gasteiger partial charge in [0.2, 0.25) is 5.91 Å². The van der Waals surface area contributed by atoms with Gasteiger partial charge >= 0.3 is 0 Å². The highest BCUT2D eigenvalue weighted by Gasteiger charge is 2.12. The zero-order valence-corrected chi connectivity index (χ0v) is 22.1. The van der Waals surface area contributed by atoms with Crippen LogP contribution >= 0.6 is 23.5 Å². The predicted molar refractivity (Wildman–Crippen MR) is 143 cm³/mol. The van der Waals surface area contributed by atoms with E-state index < -0.39 is 0 Å². The van der Waals surface area contributed by atoms with Crippen LogP contribution < -0.4 is 0 Å². The first-order valence-electron chi connectivity index (χ1n) is 11.6. The summed E-state index contributed by atoms with van der Waals surface area (Å²) < 4.78 is 9.31. The molecule has 1 aromatic carbocycles. The number of aliphatic imine (C=N–C) groups is 1. The average molecular weight is 495 g/mol. The fourth-order valence-electron chi connectivity index (χ4n) is 3.26. The lowest BCUT2D eigenvalue weighted by molar-refractivity contribution is -0.124. The summed E-state index contributed by atoms with van der Waals surface area (Å²) in [6.07, 6.45) is 4.17. The molecule has 0 radical (unpaired) electrons. The van der Waals surface area contributed by atoms with Gasteiger partial charge in [0.1, 0.15) is 0 Å². The van der Waals surface area contributed by atoms with Gasteiger partial charge in [-0.15, -0.1) is 11.6 Å². The van der Waals surface area contributed by atoms with Gasteiger partial charge in [0.15, 0.2) is 0 Å². The molecular weight excluding hydrogens is 456 g/mol. The maximum Gasteiger partial charge on any atom is 0.224 e. The molecule has 8 heteroatoms. The van der Waals surface area contributed by atoms with Gasteiger partial charge in [-0.3, -0.25) is 9.69 Å². The van der Waals surface area contributed by atoms with Gasteiger partial charge in [0.25, 0.3) is 0 Å².